The van der Waals surface area contributed by atoms with Gasteiger partial charge in [-0.1, -0.05) is 12.5 Å². The molecule has 1 aromatic heterocycles. The van der Waals surface area contributed by atoms with Gasteiger partial charge in [0, 0.05) is 43.4 Å². The molecule has 3 atom stereocenters. The number of halogens is 4. The average Bonchev–Trinajstić information content (AvgIpc) is 3.29. The summed E-state index contributed by atoms with van der Waals surface area (Å²) < 4.78 is 61.0. The highest BCUT2D eigenvalue weighted by molar-refractivity contribution is 5.98. The molecule has 40 heavy (non-hydrogen) atoms. The number of likely N-dealkylation sites (tertiary alicyclic amines) is 2. The van der Waals surface area contributed by atoms with Gasteiger partial charge in [-0.3, -0.25) is 14.5 Å². The number of piperidine rings is 1. The number of carbonyl (C=O) groups excluding carboxylic acids is 2. The lowest BCUT2D eigenvalue weighted by Gasteiger charge is -2.40. The van der Waals surface area contributed by atoms with E-state index in [0.29, 0.717) is 23.6 Å². The minimum absolute atomic E-state index is 0.00515. The fraction of sp³-hybridized carbons (Fsp3) is 0.536. The summed E-state index contributed by atoms with van der Waals surface area (Å²) in [5.74, 6) is -2.01. The third-order valence-electron chi connectivity index (χ3n) is 7.68. The Morgan fingerprint density at radius 1 is 1.15 bits per heavy atom. The third-order valence-corrected chi connectivity index (χ3v) is 7.68. The monoisotopic (exact) mass is 566 g/mol. The number of hydrogen-bond donors (Lipinski definition) is 2. The Kier molecular flexibility index (Phi) is 8.69. The van der Waals surface area contributed by atoms with Gasteiger partial charge in [0.1, 0.15) is 18.5 Å². The first kappa shape index (κ1) is 29.7. The van der Waals surface area contributed by atoms with E-state index in [9.17, 15) is 32.3 Å². The first-order valence-corrected chi connectivity index (χ1v) is 13.2. The number of aliphatic hydroxyl groups is 1. The summed E-state index contributed by atoms with van der Waals surface area (Å²) in [6.45, 7) is 2.97. The molecule has 1 aromatic carbocycles. The molecule has 2 aromatic rings. The number of hydrogen-bond acceptors (Lipinski definition) is 6. The van der Waals surface area contributed by atoms with Crippen LogP contribution >= 0.6 is 0 Å². The van der Waals surface area contributed by atoms with Crippen molar-refractivity contribution >= 4 is 11.8 Å². The number of aromatic nitrogens is 1. The van der Waals surface area contributed by atoms with Crippen molar-refractivity contribution < 1.29 is 37.0 Å². The molecule has 4 rings (SSSR count). The number of benzene rings is 1. The Hall–Kier alpha value is -3.25. The van der Waals surface area contributed by atoms with E-state index < -0.39 is 41.4 Å². The number of pyridine rings is 1. The Morgan fingerprint density at radius 2 is 1.88 bits per heavy atom. The lowest BCUT2D eigenvalue weighted by molar-refractivity contribution is -0.219. The van der Waals surface area contributed by atoms with Crippen molar-refractivity contribution in [2.45, 2.75) is 63.9 Å². The SMILES string of the molecule is CC(C)(CN1CCCCC1COc1ccc(-c2ccc(C(=O)N3C[C@H](O)C[C@H]3C(N)=O)c(F)c2)cn1)C(F)(F)F. The summed E-state index contributed by atoms with van der Waals surface area (Å²) in [6, 6.07) is 6.13. The lowest BCUT2D eigenvalue weighted by atomic mass is 9.89. The number of β-amino-alcohol motifs (C(OH)–C–C–N with tert-alkyl or cyclic N) is 1. The maximum atomic E-state index is 15.0. The van der Waals surface area contributed by atoms with E-state index in [1.54, 1.807) is 18.2 Å². The number of ether oxygens (including phenoxy) is 1. The lowest BCUT2D eigenvalue weighted by Crippen LogP contribution is -2.50. The third kappa shape index (κ3) is 6.55. The summed E-state index contributed by atoms with van der Waals surface area (Å²) >= 11 is 0. The first-order valence-electron chi connectivity index (χ1n) is 13.2. The van der Waals surface area contributed by atoms with Gasteiger partial charge in [0.05, 0.1) is 17.1 Å². The van der Waals surface area contributed by atoms with Crippen LogP contribution in [0.1, 0.15) is 49.9 Å². The van der Waals surface area contributed by atoms with Gasteiger partial charge in [0.15, 0.2) is 0 Å². The molecular formula is C28H34F4N4O4. The van der Waals surface area contributed by atoms with Gasteiger partial charge in [-0.05, 0) is 57.0 Å². The van der Waals surface area contributed by atoms with Crippen LogP contribution in [0.15, 0.2) is 36.5 Å². The Bertz CT molecular complexity index is 1220. The van der Waals surface area contributed by atoms with Crippen LogP contribution in [0.25, 0.3) is 11.1 Å². The molecule has 1 unspecified atom stereocenters. The van der Waals surface area contributed by atoms with Gasteiger partial charge in [0.25, 0.3) is 5.91 Å². The van der Waals surface area contributed by atoms with Crippen LogP contribution < -0.4 is 10.5 Å². The highest BCUT2D eigenvalue weighted by Gasteiger charge is 2.49. The van der Waals surface area contributed by atoms with Crippen molar-refractivity contribution in [2.75, 3.05) is 26.2 Å². The molecule has 0 radical (unpaired) electrons. The number of primary amides is 1. The maximum absolute atomic E-state index is 15.0. The van der Waals surface area contributed by atoms with Crippen LogP contribution in [0.5, 0.6) is 5.88 Å². The van der Waals surface area contributed by atoms with E-state index in [2.05, 4.69) is 4.98 Å². The van der Waals surface area contributed by atoms with Gasteiger partial charge in [-0.25, -0.2) is 9.37 Å². The molecule has 2 saturated heterocycles. The predicted octanol–water partition coefficient (Wildman–Crippen LogP) is 3.77. The Morgan fingerprint density at radius 3 is 2.50 bits per heavy atom. The van der Waals surface area contributed by atoms with Crippen molar-refractivity contribution in [3.05, 3.63) is 47.9 Å². The average molecular weight is 567 g/mol. The summed E-state index contributed by atoms with van der Waals surface area (Å²) in [6.07, 6.45) is -1.25. The fourth-order valence-corrected chi connectivity index (χ4v) is 5.20. The molecular weight excluding hydrogens is 532 g/mol. The summed E-state index contributed by atoms with van der Waals surface area (Å²) in [5.41, 5.74) is 4.26. The number of carbonyl (C=O) groups is 2. The van der Waals surface area contributed by atoms with Crippen molar-refractivity contribution in [1.82, 2.24) is 14.8 Å². The van der Waals surface area contributed by atoms with E-state index in [-0.39, 0.29) is 37.7 Å². The molecule has 3 N–H and O–H groups in total. The number of nitrogens with zero attached hydrogens (tertiary/aromatic N) is 3. The van der Waals surface area contributed by atoms with Crippen LogP contribution in [0.4, 0.5) is 17.6 Å². The Balaban J connectivity index is 1.40. The van der Waals surface area contributed by atoms with Crippen molar-refractivity contribution in [2.24, 2.45) is 11.1 Å². The van der Waals surface area contributed by atoms with Crippen LogP contribution in [0, 0.1) is 11.2 Å². The highest BCUT2D eigenvalue weighted by atomic mass is 19.4. The number of rotatable bonds is 8. The molecule has 2 aliphatic heterocycles. The molecule has 2 fully saturated rings. The minimum Gasteiger partial charge on any atom is -0.476 e. The normalized spacial score (nSPS) is 22.4. The zero-order valence-corrected chi connectivity index (χ0v) is 22.5. The zero-order valence-electron chi connectivity index (χ0n) is 22.5. The number of aliphatic hydroxyl groups excluding tert-OH is 1. The van der Waals surface area contributed by atoms with Crippen LogP contribution in [-0.2, 0) is 4.79 Å². The molecule has 2 aliphatic rings. The number of nitrogens with two attached hydrogens (primary N) is 1. The number of alkyl halides is 3. The van der Waals surface area contributed by atoms with Crippen molar-refractivity contribution in [3.8, 4) is 17.0 Å². The second-order valence-corrected chi connectivity index (χ2v) is 11.2. The van der Waals surface area contributed by atoms with Crippen LogP contribution in [-0.4, -0.2) is 82.3 Å². The smallest absolute Gasteiger partial charge is 0.395 e. The summed E-state index contributed by atoms with van der Waals surface area (Å²) in [5, 5.41) is 9.84. The topological polar surface area (TPSA) is 109 Å². The van der Waals surface area contributed by atoms with Crippen molar-refractivity contribution in [3.63, 3.8) is 0 Å². The second kappa shape index (κ2) is 11.7. The Labute approximate surface area is 230 Å². The molecule has 2 amide bonds. The number of amides is 2. The van der Waals surface area contributed by atoms with Gasteiger partial charge < -0.3 is 20.5 Å². The fourth-order valence-electron chi connectivity index (χ4n) is 5.20. The van der Waals surface area contributed by atoms with Gasteiger partial charge >= 0.3 is 6.18 Å². The molecule has 12 heteroatoms. The molecule has 0 bridgehead atoms. The van der Waals surface area contributed by atoms with Crippen molar-refractivity contribution in [1.29, 1.82) is 0 Å². The summed E-state index contributed by atoms with van der Waals surface area (Å²) in [4.78, 5) is 31.7. The molecule has 0 spiro atoms. The van der Waals surface area contributed by atoms with Crippen LogP contribution in [0.2, 0.25) is 0 Å². The standard InChI is InChI=1S/C28H34F4N4O4/c1-27(2,28(30,31)32)16-35-10-4-3-5-19(35)15-40-24-9-7-18(13-34-24)17-6-8-21(22(29)11-17)26(39)36-14-20(37)12-23(36)25(33)38/h6-9,11,13,19-20,23,37H,3-5,10,12,14-16H2,1-2H3,(H2,33,38)/t19?,20-,23+/m1/s1. The van der Waals surface area contributed by atoms with Gasteiger partial charge in [-0.2, -0.15) is 13.2 Å². The summed E-state index contributed by atoms with van der Waals surface area (Å²) in [7, 11) is 0. The van der Waals surface area contributed by atoms with E-state index in [1.807, 2.05) is 4.90 Å². The first-order chi connectivity index (χ1) is 18.8. The maximum Gasteiger partial charge on any atom is 0.395 e. The van der Waals surface area contributed by atoms with E-state index in [0.717, 1.165) is 24.2 Å². The molecule has 0 saturated carbocycles. The van der Waals surface area contributed by atoms with E-state index in [1.165, 1.54) is 32.2 Å². The zero-order chi connectivity index (χ0) is 29.2. The minimum atomic E-state index is -4.30. The predicted molar refractivity (Wildman–Crippen MR) is 139 cm³/mol. The van der Waals surface area contributed by atoms with Gasteiger partial charge in [0.2, 0.25) is 11.8 Å². The van der Waals surface area contributed by atoms with E-state index in [4.69, 9.17) is 10.5 Å². The highest BCUT2D eigenvalue weighted by Crippen LogP contribution is 2.39. The second-order valence-electron chi connectivity index (χ2n) is 11.2. The molecule has 218 valence electrons. The molecule has 0 aliphatic carbocycles. The largest absolute Gasteiger partial charge is 0.476 e. The van der Waals surface area contributed by atoms with E-state index >= 15 is 0 Å². The molecule has 3 heterocycles. The molecule has 8 nitrogen and oxygen atoms in total. The quantitative estimate of drug-likeness (QED) is 0.471. The van der Waals surface area contributed by atoms with Gasteiger partial charge in [-0.15, -0.1) is 0 Å². The van der Waals surface area contributed by atoms with Crippen LogP contribution in [0.3, 0.4) is 0 Å².